The van der Waals surface area contributed by atoms with Crippen LogP contribution in [0.2, 0.25) is 5.02 Å². The Bertz CT molecular complexity index is 1290. The average molecular weight is 429 g/mol. The average Bonchev–Trinajstić information content (AvgIpc) is 2.76. The number of halogens is 1. The molecule has 1 aliphatic rings. The molecule has 2 aromatic heterocycles. The highest BCUT2D eigenvalue weighted by molar-refractivity contribution is 6.35. The third kappa shape index (κ3) is 3.77. The Morgan fingerprint density at radius 3 is 2.52 bits per heavy atom. The third-order valence-electron chi connectivity index (χ3n) is 5.86. The number of ketones is 1. The van der Waals surface area contributed by atoms with E-state index in [4.69, 9.17) is 22.3 Å². The van der Waals surface area contributed by atoms with Gasteiger partial charge in [0.25, 0.3) is 0 Å². The van der Waals surface area contributed by atoms with Crippen LogP contribution in [-0.4, -0.2) is 20.7 Å². The lowest BCUT2D eigenvalue weighted by atomic mass is 9.81. The highest BCUT2D eigenvalue weighted by atomic mass is 35.5. The fourth-order valence-electron chi connectivity index (χ4n) is 3.99. The van der Waals surface area contributed by atoms with Crippen molar-refractivity contribution in [2.24, 2.45) is 5.92 Å². The van der Waals surface area contributed by atoms with E-state index in [1.165, 1.54) is 6.42 Å². The van der Waals surface area contributed by atoms with E-state index in [0.29, 0.717) is 28.7 Å². The van der Waals surface area contributed by atoms with Crippen LogP contribution in [0.25, 0.3) is 33.4 Å². The summed E-state index contributed by atoms with van der Waals surface area (Å²) in [6.07, 6.45) is 5.53. The molecule has 0 radical (unpaired) electrons. The Balaban J connectivity index is 1.69. The number of nitrogens with zero attached hydrogens (tertiary/aromatic N) is 3. The molecule has 0 bridgehead atoms. The lowest BCUT2D eigenvalue weighted by Crippen LogP contribution is -2.18. The number of pyridine rings is 1. The summed E-state index contributed by atoms with van der Waals surface area (Å²) in [4.78, 5) is 26.7. The van der Waals surface area contributed by atoms with E-state index in [2.05, 4.69) is 9.97 Å². The van der Waals surface area contributed by atoms with Crippen LogP contribution < -0.4 is 5.73 Å². The molecule has 2 N–H and O–H groups in total. The van der Waals surface area contributed by atoms with Crippen molar-refractivity contribution >= 4 is 34.1 Å². The van der Waals surface area contributed by atoms with Gasteiger partial charge < -0.3 is 5.73 Å². The minimum Gasteiger partial charge on any atom is -0.382 e. The fourth-order valence-corrected chi connectivity index (χ4v) is 4.27. The molecule has 1 saturated carbocycles. The molecule has 0 spiro atoms. The molecule has 0 aliphatic heterocycles. The Labute approximate surface area is 185 Å². The van der Waals surface area contributed by atoms with Crippen molar-refractivity contribution in [1.29, 1.82) is 0 Å². The molecule has 2 aromatic carbocycles. The SMILES string of the molecule is Nc1nc(-c2ccccc2)c(-c2cc(Cl)c3ncccc3c2)nc1C(=O)CC1CCC1. The molecule has 4 aromatic rings. The Morgan fingerprint density at radius 2 is 1.77 bits per heavy atom. The van der Waals surface area contributed by atoms with Crippen molar-refractivity contribution in [3.05, 3.63) is 71.5 Å². The summed E-state index contributed by atoms with van der Waals surface area (Å²) in [5.41, 5.74) is 10.0. The second-order valence-electron chi connectivity index (χ2n) is 7.98. The number of nitrogen functional groups attached to an aromatic ring is 1. The van der Waals surface area contributed by atoms with Gasteiger partial charge in [-0.05, 0) is 24.1 Å². The first-order valence-corrected chi connectivity index (χ1v) is 10.8. The monoisotopic (exact) mass is 428 g/mol. The van der Waals surface area contributed by atoms with E-state index < -0.39 is 0 Å². The second-order valence-corrected chi connectivity index (χ2v) is 8.39. The molecule has 0 atom stereocenters. The van der Waals surface area contributed by atoms with E-state index in [9.17, 15) is 4.79 Å². The minimum absolute atomic E-state index is 0.0517. The van der Waals surface area contributed by atoms with Crippen molar-refractivity contribution in [1.82, 2.24) is 15.0 Å². The number of aromatic nitrogens is 3. The standard InChI is InChI=1S/C25H21ClN4O/c26-19-14-18(13-17-10-5-11-28-21(17)19)23-22(16-8-2-1-3-9-16)30-25(27)24(29-23)20(31)12-15-6-4-7-15/h1-3,5,8-11,13-15H,4,6-7,12H2,(H2,27,30). The maximum Gasteiger partial charge on any atom is 0.185 e. The van der Waals surface area contributed by atoms with Gasteiger partial charge in [-0.3, -0.25) is 9.78 Å². The predicted octanol–water partition coefficient (Wildman–Crippen LogP) is 5.97. The summed E-state index contributed by atoms with van der Waals surface area (Å²) in [6, 6.07) is 17.3. The molecule has 5 rings (SSSR count). The summed E-state index contributed by atoms with van der Waals surface area (Å²) < 4.78 is 0. The van der Waals surface area contributed by atoms with Crippen molar-refractivity contribution < 1.29 is 4.79 Å². The zero-order valence-corrected chi connectivity index (χ0v) is 17.6. The van der Waals surface area contributed by atoms with Crippen LogP contribution in [0.5, 0.6) is 0 Å². The third-order valence-corrected chi connectivity index (χ3v) is 6.15. The molecule has 6 heteroatoms. The zero-order valence-electron chi connectivity index (χ0n) is 16.9. The van der Waals surface area contributed by atoms with Crippen LogP contribution in [0.1, 0.15) is 36.2 Å². The van der Waals surface area contributed by atoms with Gasteiger partial charge in [0.2, 0.25) is 0 Å². The Morgan fingerprint density at radius 1 is 1.00 bits per heavy atom. The van der Waals surface area contributed by atoms with Gasteiger partial charge in [0.05, 0.1) is 21.9 Å². The number of anilines is 1. The van der Waals surface area contributed by atoms with Gasteiger partial charge in [0.15, 0.2) is 11.6 Å². The van der Waals surface area contributed by atoms with Crippen LogP contribution in [0, 0.1) is 5.92 Å². The molecule has 0 unspecified atom stereocenters. The largest absolute Gasteiger partial charge is 0.382 e. The van der Waals surface area contributed by atoms with Gasteiger partial charge in [-0.2, -0.15) is 0 Å². The molecule has 1 aliphatic carbocycles. The number of fused-ring (bicyclic) bond motifs is 1. The van der Waals surface area contributed by atoms with E-state index in [1.807, 2.05) is 54.6 Å². The number of benzene rings is 2. The van der Waals surface area contributed by atoms with E-state index >= 15 is 0 Å². The van der Waals surface area contributed by atoms with Crippen molar-refractivity contribution in [3.8, 4) is 22.5 Å². The number of carbonyl (C=O) groups is 1. The van der Waals surface area contributed by atoms with E-state index in [1.54, 1.807) is 6.20 Å². The number of rotatable bonds is 5. The molecule has 0 amide bonds. The predicted molar refractivity (Wildman–Crippen MR) is 124 cm³/mol. The summed E-state index contributed by atoms with van der Waals surface area (Å²) in [5.74, 6) is 0.539. The van der Waals surface area contributed by atoms with E-state index in [-0.39, 0.29) is 17.3 Å². The first-order chi connectivity index (χ1) is 15.1. The lowest BCUT2D eigenvalue weighted by Gasteiger charge is -2.24. The van der Waals surface area contributed by atoms with Crippen molar-refractivity contribution in [2.45, 2.75) is 25.7 Å². The quantitative estimate of drug-likeness (QED) is 0.396. The van der Waals surface area contributed by atoms with Crippen LogP contribution in [0.4, 0.5) is 5.82 Å². The zero-order chi connectivity index (χ0) is 21.4. The maximum absolute atomic E-state index is 13.0. The number of nitrogens with two attached hydrogens (primary N) is 1. The lowest BCUT2D eigenvalue weighted by molar-refractivity contribution is 0.0932. The summed E-state index contributed by atoms with van der Waals surface area (Å²) in [7, 11) is 0. The summed E-state index contributed by atoms with van der Waals surface area (Å²) >= 11 is 6.54. The minimum atomic E-state index is -0.0517. The van der Waals surface area contributed by atoms with Gasteiger partial charge in [0.1, 0.15) is 5.69 Å². The highest BCUT2D eigenvalue weighted by Crippen LogP contribution is 2.36. The normalized spacial score (nSPS) is 13.8. The van der Waals surface area contributed by atoms with Crippen LogP contribution in [-0.2, 0) is 0 Å². The smallest absolute Gasteiger partial charge is 0.185 e. The van der Waals surface area contributed by atoms with Crippen molar-refractivity contribution in [3.63, 3.8) is 0 Å². The second kappa shape index (κ2) is 8.08. The van der Waals surface area contributed by atoms with Gasteiger partial charge in [-0.1, -0.05) is 67.3 Å². The summed E-state index contributed by atoms with van der Waals surface area (Å²) in [5, 5.41) is 1.41. The first kappa shape index (κ1) is 19.6. The van der Waals surface area contributed by atoms with Crippen LogP contribution in [0.15, 0.2) is 60.8 Å². The van der Waals surface area contributed by atoms with E-state index in [0.717, 1.165) is 34.9 Å². The van der Waals surface area contributed by atoms with Gasteiger partial charge in [-0.15, -0.1) is 0 Å². The number of Topliss-reactive ketones (excluding diaryl/α,β-unsaturated/α-hetero) is 1. The Kier molecular flexibility index (Phi) is 5.12. The number of carbonyl (C=O) groups excluding carboxylic acids is 1. The molecule has 5 nitrogen and oxygen atoms in total. The molecular formula is C25H21ClN4O. The van der Waals surface area contributed by atoms with Gasteiger partial charge in [-0.25, -0.2) is 9.97 Å². The number of hydrogen-bond acceptors (Lipinski definition) is 5. The Hall–Kier alpha value is -3.31. The molecule has 2 heterocycles. The molecule has 1 fully saturated rings. The van der Waals surface area contributed by atoms with Gasteiger partial charge in [0, 0.05) is 29.1 Å². The molecule has 0 saturated heterocycles. The fraction of sp³-hybridized carbons (Fsp3) is 0.200. The molecule has 154 valence electrons. The van der Waals surface area contributed by atoms with Gasteiger partial charge >= 0.3 is 0 Å². The first-order valence-electron chi connectivity index (χ1n) is 10.4. The molecule has 31 heavy (non-hydrogen) atoms. The summed E-state index contributed by atoms with van der Waals surface area (Å²) in [6.45, 7) is 0. The maximum atomic E-state index is 13.0. The topological polar surface area (TPSA) is 81.8 Å². The molecular weight excluding hydrogens is 408 g/mol. The highest BCUT2D eigenvalue weighted by Gasteiger charge is 2.25. The van der Waals surface area contributed by atoms with Crippen molar-refractivity contribution in [2.75, 3.05) is 5.73 Å². The van der Waals surface area contributed by atoms with Crippen LogP contribution >= 0.6 is 11.6 Å². The number of hydrogen-bond donors (Lipinski definition) is 1. The van der Waals surface area contributed by atoms with Crippen LogP contribution in [0.3, 0.4) is 0 Å².